The molecule has 0 fully saturated rings. The molecule has 1 N–H and O–H groups in total. The van der Waals surface area contributed by atoms with Crippen LogP contribution in [0.5, 0.6) is 0 Å². The molecule has 0 amide bonds. The number of aliphatic imine (C=N–C) groups is 1. The molecule has 1 radical (unpaired) electrons. The predicted octanol–water partition coefficient (Wildman–Crippen LogP) is 0.174. The van der Waals surface area contributed by atoms with E-state index >= 15 is 0 Å². The van der Waals surface area contributed by atoms with Gasteiger partial charge in [-0.25, -0.2) is 0 Å². The van der Waals surface area contributed by atoms with E-state index in [9.17, 15) is 5.21 Å². The van der Waals surface area contributed by atoms with E-state index in [1.165, 1.54) is 6.34 Å². The van der Waals surface area contributed by atoms with Crippen LogP contribution in [0.1, 0.15) is 0 Å². The van der Waals surface area contributed by atoms with E-state index in [1.807, 2.05) is 0 Å². The molecule has 3 nitrogen and oxygen atoms in total. The summed E-state index contributed by atoms with van der Waals surface area (Å²) >= 11 is 0. The highest BCUT2D eigenvalue weighted by molar-refractivity contribution is 5.71. The Hall–Kier alpha value is -1.19. The fourth-order valence-corrected chi connectivity index (χ4v) is 0.930. The van der Waals surface area contributed by atoms with Crippen LogP contribution in [0.3, 0.4) is 0 Å². The molecule has 1 atom stereocenters. The Morgan fingerprint density at radius 2 is 2.50 bits per heavy atom. The number of hydrogen-bond acceptors (Lipinski definition) is 2. The maximum absolute atomic E-state index is 10.9. The van der Waals surface area contributed by atoms with Crippen molar-refractivity contribution in [3.63, 3.8) is 0 Å². The average molecular weight is 133 g/mol. The van der Waals surface area contributed by atoms with Crippen molar-refractivity contribution < 1.29 is 5.06 Å². The van der Waals surface area contributed by atoms with Gasteiger partial charge in [0, 0.05) is 6.07 Å². The van der Waals surface area contributed by atoms with E-state index in [4.69, 9.17) is 0 Å². The van der Waals surface area contributed by atoms with Crippen molar-refractivity contribution in [1.82, 2.24) is 0 Å². The summed E-state index contributed by atoms with van der Waals surface area (Å²) in [6.07, 6.45) is 1.33. The van der Waals surface area contributed by atoms with E-state index in [0.717, 1.165) is 5.69 Å². The highest BCUT2D eigenvalue weighted by Crippen LogP contribution is 2.21. The fourth-order valence-electron chi connectivity index (χ4n) is 0.930. The molecule has 0 spiro atoms. The highest BCUT2D eigenvalue weighted by atomic mass is 16.5. The van der Waals surface area contributed by atoms with E-state index < -0.39 is 0 Å². The highest BCUT2D eigenvalue weighted by Gasteiger charge is 2.11. The smallest absolute Gasteiger partial charge is 0.194 e. The summed E-state index contributed by atoms with van der Waals surface area (Å²) in [5, 5.41) is 10.9. The molecule has 10 heavy (non-hydrogen) atoms. The number of benzene rings is 1. The summed E-state index contributed by atoms with van der Waals surface area (Å²) in [4.78, 5) is 3.89. The lowest BCUT2D eigenvalue weighted by Crippen LogP contribution is -2.99. The maximum atomic E-state index is 10.9. The van der Waals surface area contributed by atoms with Crippen molar-refractivity contribution in [2.45, 2.75) is 0 Å². The minimum absolute atomic E-state index is 0.0214. The van der Waals surface area contributed by atoms with Crippen molar-refractivity contribution in [2.75, 3.05) is 0 Å². The molecule has 2 rings (SSSR count). The molecular weight excluding hydrogens is 128 g/mol. The molecule has 0 saturated carbocycles. The quantitative estimate of drug-likeness (QED) is 0.503. The Balaban J connectivity index is 2.59. The van der Waals surface area contributed by atoms with Crippen molar-refractivity contribution in [3.05, 3.63) is 29.5 Å². The molecule has 1 aromatic rings. The minimum Gasteiger partial charge on any atom is -0.623 e. The van der Waals surface area contributed by atoms with Crippen LogP contribution in [-0.4, -0.2) is 6.34 Å². The lowest BCUT2D eigenvalue weighted by Gasteiger charge is -2.09. The third kappa shape index (κ3) is 0.650. The van der Waals surface area contributed by atoms with Crippen LogP contribution in [0.2, 0.25) is 0 Å². The molecular formula is C7H5N2O. The summed E-state index contributed by atoms with van der Waals surface area (Å²) < 4.78 is 0. The number of hydroxylamine groups is 1. The Morgan fingerprint density at radius 1 is 1.60 bits per heavy atom. The largest absolute Gasteiger partial charge is 0.623 e. The van der Waals surface area contributed by atoms with Crippen molar-refractivity contribution in [1.29, 1.82) is 0 Å². The van der Waals surface area contributed by atoms with Crippen LogP contribution >= 0.6 is 0 Å². The SMILES string of the molecule is [O-][NH+]1C=Nc2cc[c]cc21. The van der Waals surface area contributed by atoms with E-state index in [0.29, 0.717) is 5.69 Å². The molecule has 3 heteroatoms. The van der Waals surface area contributed by atoms with Gasteiger partial charge in [-0.1, -0.05) is 6.07 Å². The standard InChI is InChI=1S/C7H5N2O/c10-9-5-8-6-3-1-2-4-7(6)9/h1,3-5,9H. The van der Waals surface area contributed by atoms with E-state index in [2.05, 4.69) is 11.1 Å². The van der Waals surface area contributed by atoms with Crippen molar-refractivity contribution in [3.8, 4) is 0 Å². The number of rotatable bonds is 0. The molecule has 1 heterocycles. The minimum atomic E-state index is -0.0214. The van der Waals surface area contributed by atoms with Crippen LogP contribution in [0.4, 0.5) is 11.4 Å². The van der Waals surface area contributed by atoms with Gasteiger partial charge in [0.05, 0.1) is 0 Å². The van der Waals surface area contributed by atoms with Crippen LogP contribution in [0, 0.1) is 11.3 Å². The van der Waals surface area contributed by atoms with Gasteiger partial charge < -0.3 is 5.21 Å². The number of quaternary nitrogens is 1. The molecule has 49 valence electrons. The molecule has 0 saturated heterocycles. The number of fused-ring (bicyclic) bond motifs is 1. The Kier molecular flexibility index (Phi) is 1.06. The molecule has 0 aromatic heterocycles. The average Bonchev–Trinajstić information content (AvgIpc) is 2.34. The molecule has 1 aliphatic heterocycles. The fraction of sp³-hybridized carbons (Fsp3) is 0. The van der Waals surface area contributed by atoms with Crippen LogP contribution in [-0.2, 0) is 0 Å². The third-order valence-corrected chi connectivity index (χ3v) is 1.43. The van der Waals surface area contributed by atoms with Gasteiger partial charge in [0.25, 0.3) is 0 Å². The first kappa shape index (κ1) is 5.58. The lowest BCUT2D eigenvalue weighted by molar-refractivity contribution is -0.655. The van der Waals surface area contributed by atoms with Gasteiger partial charge in [0.15, 0.2) is 12.0 Å². The second-order valence-electron chi connectivity index (χ2n) is 2.07. The zero-order chi connectivity index (χ0) is 6.97. The maximum Gasteiger partial charge on any atom is 0.194 e. The number of nitrogens with one attached hydrogen (secondary N) is 1. The van der Waals surface area contributed by atoms with Gasteiger partial charge in [0.2, 0.25) is 0 Å². The molecule has 0 aliphatic carbocycles. The van der Waals surface area contributed by atoms with Gasteiger partial charge in [-0.3, -0.25) is 5.06 Å². The molecule has 1 unspecified atom stereocenters. The monoisotopic (exact) mass is 133 g/mol. The molecule has 1 aromatic carbocycles. The van der Waals surface area contributed by atoms with Gasteiger partial charge >= 0.3 is 0 Å². The normalized spacial score (nSPS) is 21.1. The summed E-state index contributed by atoms with van der Waals surface area (Å²) in [6, 6.07) is 8.00. The van der Waals surface area contributed by atoms with Crippen LogP contribution < -0.4 is 5.06 Å². The summed E-state index contributed by atoms with van der Waals surface area (Å²) in [6.45, 7) is 0. The lowest BCUT2D eigenvalue weighted by atomic mass is 10.3. The predicted molar refractivity (Wildman–Crippen MR) is 37.4 cm³/mol. The topological polar surface area (TPSA) is 39.9 Å². The third-order valence-electron chi connectivity index (χ3n) is 1.43. The summed E-state index contributed by atoms with van der Waals surface area (Å²) in [5.41, 5.74) is 1.41. The van der Waals surface area contributed by atoms with Crippen LogP contribution in [0.25, 0.3) is 0 Å². The van der Waals surface area contributed by atoms with Crippen molar-refractivity contribution >= 4 is 17.7 Å². The molecule has 0 bridgehead atoms. The first-order valence-corrected chi connectivity index (χ1v) is 2.96. The Bertz CT molecular complexity index is 283. The van der Waals surface area contributed by atoms with Gasteiger partial charge in [0.1, 0.15) is 5.69 Å². The zero-order valence-corrected chi connectivity index (χ0v) is 5.16. The molecule has 1 aliphatic rings. The second-order valence-corrected chi connectivity index (χ2v) is 2.07. The van der Waals surface area contributed by atoms with Crippen molar-refractivity contribution in [2.24, 2.45) is 4.99 Å². The number of hydrogen-bond donors (Lipinski definition) is 1. The Morgan fingerprint density at radius 3 is 3.30 bits per heavy atom. The van der Waals surface area contributed by atoms with Gasteiger partial charge in [-0.05, 0) is 12.1 Å². The van der Waals surface area contributed by atoms with Gasteiger partial charge in [-0.2, -0.15) is 4.99 Å². The first-order valence-electron chi connectivity index (χ1n) is 2.96. The van der Waals surface area contributed by atoms with E-state index in [1.54, 1.807) is 18.2 Å². The van der Waals surface area contributed by atoms with Crippen LogP contribution in [0.15, 0.2) is 23.2 Å². The first-order chi connectivity index (χ1) is 4.88. The summed E-state index contributed by atoms with van der Waals surface area (Å²) in [5.74, 6) is 0. The zero-order valence-electron chi connectivity index (χ0n) is 5.16. The van der Waals surface area contributed by atoms with Gasteiger partial charge in [-0.15, -0.1) is 0 Å². The number of nitrogens with zero attached hydrogens (tertiary/aromatic N) is 1. The van der Waals surface area contributed by atoms with E-state index in [-0.39, 0.29) is 5.06 Å². The second kappa shape index (κ2) is 1.90. The Labute approximate surface area is 58.2 Å². The summed E-state index contributed by atoms with van der Waals surface area (Å²) in [7, 11) is 0.